The lowest BCUT2D eigenvalue weighted by atomic mass is 10.2. The van der Waals surface area contributed by atoms with Gasteiger partial charge in [0.25, 0.3) is 0 Å². The molecular formula is C9H16N2O3S. The van der Waals surface area contributed by atoms with Gasteiger partial charge in [-0.05, 0) is 19.1 Å². The lowest BCUT2D eigenvalue weighted by molar-refractivity contribution is -0.139. The van der Waals surface area contributed by atoms with Crippen LogP contribution in [0.2, 0.25) is 0 Å². The van der Waals surface area contributed by atoms with Crippen molar-refractivity contribution in [2.75, 3.05) is 12.3 Å². The van der Waals surface area contributed by atoms with Crippen LogP contribution in [-0.2, 0) is 9.59 Å². The monoisotopic (exact) mass is 232 g/mol. The summed E-state index contributed by atoms with van der Waals surface area (Å²) in [5, 5.41) is 14.4. The van der Waals surface area contributed by atoms with Crippen LogP contribution in [0, 0.1) is 0 Å². The fraction of sp³-hybridized carbons (Fsp3) is 0.778. The van der Waals surface area contributed by atoms with E-state index in [1.54, 1.807) is 11.8 Å². The summed E-state index contributed by atoms with van der Waals surface area (Å²) in [4.78, 5) is 22.0. The number of carbonyl (C=O) groups excluding carboxylic acids is 1. The second-order valence-corrected chi connectivity index (χ2v) is 4.67. The Morgan fingerprint density at radius 3 is 2.93 bits per heavy atom. The van der Waals surface area contributed by atoms with Crippen LogP contribution in [0.4, 0.5) is 0 Å². The van der Waals surface area contributed by atoms with E-state index in [1.165, 1.54) is 0 Å². The molecule has 6 heteroatoms. The molecule has 1 fully saturated rings. The maximum Gasteiger partial charge on any atom is 0.320 e. The molecule has 15 heavy (non-hydrogen) atoms. The highest BCUT2D eigenvalue weighted by Gasteiger charge is 2.27. The van der Waals surface area contributed by atoms with Crippen LogP contribution < -0.4 is 10.6 Å². The van der Waals surface area contributed by atoms with E-state index >= 15 is 0 Å². The largest absolute Gasteiger partial charge is 0.480 e. The normalized spacial score (nSPS) is 25.9. The Kier molecular flexibility index (Phi) is 4.90. The standard InChI is InChI=1S/C9H16N2O3S/c1-2-10-7(12)5-8-11-6(9(13)14)3-4-15-8/h6,8,11H,2-5H2,1H3,(H,10,12)(H,13,14). The van der Waals surface area contributed by atoms with Gasteiger partial charge in [0.1, 0.15) is 6.04 Å². The predicted molar refractivity (Wildman–Crippen MR) is 58.7 cm³/mol. The third-order valence-electron chi connectivity index (χ3n) is 2.16. The van der Waals surface area contributed by atoms with E-state index in [0.717, 1.165) is 5.75 Å². The number of rotatable bonds is 4. The van der Waals surface area contributed by atoms with Gasteiger partial charge in [-0.1, -0.05) is 0 Å². The zero-order valence-electron chi connectivity index (χ0n) is 8.66. The average molecular weight is 232 g/mol. The van der Waals surface area contributed by atoms with Gasteiger partial charge in [-0.3, -0.25) is 14.9 Å². The number of carbonyl (C=O) groups is 2. The molecule has 0 aromatic rings. The highest BCUT2D eigenvalue weighted by Crippen LogP contribution is 2.20. The summed E-state index contributed by atoms with van der Waals surface area (Å²) < 4.78 is 0. The molecule has 2 unspecified atom stereocenters. The summed E-state index contributed by atoms with van der Waals surface area (Å²) in [6.07, 6.45) is 0.953. The Balaban J connectivity index is 2.36. The quantitative estimate of drug-likeness (QED) is 0.637. The Bertz CT molecular complexity index is 248. The van der Waals surface area contributed by atoms with E-state index < -0.39 is 12.0 Å². The molecule has 0 saturated carbocycles. The molecule has 1 aliphatic heterocycles. The summed E-state index contributed by atoms with van der Waals surface area (Å²) >= 11 is 1.60. The number of amides is 1. The molecule has 1 saturated heterocycles. The van der Waals surface area contributed by atoms with E-state index in [0.29, 0.717) is 19.4 Å². The fourth-order valence-corrected chi connectivity index (χ4v) is 2.62. The molecule has 0 aromatic carbocycles. The van der Waals surface area contributed by atoms with Crippen molar-refractivity contribution in [3.63, 3.8) is 0 Å². The highest BCUT2D eigenvalue weighted by molar-refractivity contribution is 7.99. The summed E-state index contributed by atoms with van der Waals surface area (Å²) in [5.74, 6) is -0.0849. The Morgan fingerprint density at radius 2 is 2.33 bits per heavy atom. The molecule has 0 bridgehead atoms. The van der Waals surface area contributed by atoms with Crippen molar-refractivity contribution in [2.24, 2.45) is 0 Å². The Hall–Kier alpha value is -0.750. The maximum absolute atomic E-state index is 11.3. The van der Waals surface area contributed by atoms with Crippen LogP contribution in [-0.4, -0.2) is 40.7 Å². The summed E-state index contributed by atoms with van der Waals surface area (Å²) in [7, 11) is 0. The number of hydrogen-bond acceptors (Lipinski definition) is 4. The second kappa shape index (κ2) is 5.97. The molecule has 1 aliphatic rings. The molecule has 0 radical (unpaired) electrons. The van der Waals surface area contributed by atoms with E-state index in [-0.39, 0.29) is 11.3 Å². The fourth-order valence-electron chi connectivity index (χ4n) is 1.43. The number of carboxylic acids is 1. The Morgan fingerprint density at radius 1 is 1.60 bits per heavy atom. The first-order chi connectivity index (χ1) is 7.13. The van der Waals surface area contributed by atoms with Crippen molar-refractivity contribution in [1.29, 1.82) is 0 Å². The van der Waals surface area contributed by atoms with Gasteiger partial charge in [-0.25, -0.2) is 0 Å². The van der Waals surface area contributed by atoms with Crippen LogP contribution in [0.1, 0.15) is 19.8 Å². The first-order valence-electron chi connectivity index (χ1n) is 5.00. The van der Waals surface area contributed by atoms with E-state index in [1.807, 2.05) is 6.92 Å². The van der Waals surface area contributed by atoms with Crippen LogP contribution >= 0.6 is 11.8 Å². The molecule has 5 nitrogen and oxygen atoms in total. The zero-order chi connectivity index (χ0) is 11.3. The van der Waals surface area contributed by atoms with E-state index in [4.69, 9.17) is 5.11 Å². The van der Waals surface area contributed by atoms with Gasteiger partial charge in [0.15, 0.2) is 0 Å². The first kappa shape index (κ1) is 12.3. The Labute approximate surface area is 93.0 Å². The van der Waals surface area contributed by atoms with Crippen molar-refractivity contribution in [2.45, 2.75) is 31.2 Å². The third kappa shape index (κ3) is 4.09. The van der Waals surface area contributed by atoms with E-state index in [2.05, 4.69) is 10.6 Å². The van der Waals surface area contributed by atoms with Crippen LogP contribution in [0.3, 0.4) is 0 Å². The number of aliphatic carboxylic acids is 1. The maximum atomic E-state index is 11.3. The van der Waals surface area contributed by atoms with E-state index in [9.17, 15) is 9.59 Å². The van der Waals surface area contributed by atoms with Gasteiger partial charge >= 0.3 is 5.97 Å². The lowest BCUT2D eigenvalue weighted by Crippen LogP contribution is -2.47. The molecule has 0 aromatic heterocycles. The van der Waals surface area contributed by atoms with Crippen LogP contribution in [0.25, 0.3) is 0 Å². The SMILES string of the molecule is CCNC(=O)CC1NC(C(=O)O)CCS1. The average Bonchev–Trinajstić information content (AvgIpc) is 2.18. The van der Waals surface area contributed by atoms with Crippen molar-refractivity contribution in [3.05, 3.63) is 0 Å². The molecule has 3 N–H and O–H groups in total. The molecular weight excluding hydrogens is 216 g/mol. The van der Waals surface area contributed by atoms with Gasteiger partial charge in [0.2, 0.25) is 5.91 Å². The topological polar surface area (TPSA) is 78.4 Å². The number of thioether (sulfide) groups is 1. The number of nitrogens with one attached hydrogen (secondary N) is 2. The smallest absolute Gasteiger partial charge is 0.320 e. The molecule has 2 atom stereocenters. The van der Waals surface area contributed by atoms with Crippen molar-refractivity contribution < 1.29 is 14.7 Å². The minimum absolute atomic E-state index is 0.0338. The zero-order valence-corrected chi connectivity index (χ0v) is 9.47. The molecule has 0 aliphatic carbocycles. The van der Waals surface area contributed by atoms with Gasteiger partial charge in [0.05, 0.1) is 11.8 Å². The molecule has 1 heterocycles. The summed E-state index contributed by atoms with van der Waals surface area (Å²) in [5.41, 5.74) is 0. The van der Waals surface area contributed by atoms with Crippen LogP contribution in [0.5, 0.6) is 0 Å². The minimum Gasteiger partial charge on any atom is -0.480 e. The number of hydrogen-bond donors (Lipinski definition) is 3. The second-order valence-electron chi connectivity index (χ2n) is 3.36. The lowest BCUT2D eigenvalue weighted by Gasteiger charge is -2.27. The van der Waals surface area contributed by atoms with Crippen molar-refractivity contribution in [3.8, 4) is 0 Å². The third-order valence-corrected chi connectivity index (χ3v) is 3.33. The van der Waals surface area contributed by atoms with Crippen molar-refractivity contribution in [1.82, 2.24) is 10.6 Å². The molecule has 1 rings (SSSR count). The minimum atomic E-state index is -0.837. The number of carboxylic acid groups (broad SMARTS) is 1. The van der Waals surface area contributed by atoms with Gasteiger partial charge in [-0.15, -0.1) is 11.8 Å². The first-order valence-corrected chi connectivity index (χ1v) is 6.05. The molecule has 1 amide bonds. The van der Waals surface area contributed by atoms with Gasteiger partial charge in [-0.2, -0.15) is 0 Å². The highest BCUT2D eigenvalue weighted by atomic mass is 32.2. The van der Waals surface area contributed by atoms with Crippen LogP contribution in [0.15, 0.2) is 0 Å². The summed E-state index contributed by atoms with van der Waals surface area (Å²) in [6, 6.07) is -0.509. The molecule has 0 spiro atoms. The van der Waals surface area contributed by atoms with Crippen molar-refractivity contribution >= 4 is 23.6 Å². The van der Waals surface area contributed by atoms with Gasteiger partial charge in [0, 0.05) is 6.54 Å². The molecule has 86 valence electrons. The predicted octanol–water partition coefficient (Wildman–Crippen LogP) is 0.0184. The van der Waals surface area contributed by atoms with Gasteiger partial charge < -0.3 is 10.4 Å². The summed E-state index contributed by atoms with van der Waals surface area (Å²) in [6.45, 7) is 2.47.